The fourth-order valence-electron chi connectivity index (χ4n) is 1.33. The van der Waals surface area contributed by atoms with E-state index in [1.54, 1.807) is 0 Å². The molecular weight excluding hydrogens is 136 g/mol. The summed E-state index contributed by atoms with van der Waals surface area (Å²) in [5.74, 6) is 0.941. The Bertz CT molecular complexity index is 259. The summed E-state index contributed by atoms with van der Waals surface area (Å²) < 4.78 is 0. The number of aromatic amines is 1. The number of rotatable bonds is 2. The largest absolute Gasteiger partial charge is 0.282 e. The molecule has 2 heteroatoms. The van der Waals surface area contributed by atoms with Gasteiger partial charge in [0.05, 0.1) is 5.69 Å². The molecular formula is C9H14N2. The second kappa shape index (κ2) is 2.36. The summed E-state index contributed by atoms with van der Waals surface area (Å²) >= 11 is 0. The lowest BCUT2D eigenvalue weighted by molar-refractivity contribution is 0.791. The molecule has 0 unspecified atom stereocenters. The van der Waals surface area contributed by atoms with Gasteiger partial charge in [-0.2, -0.15) is 5.10 Å². The van der Waals surface area contributed by atoms with Gasteiger partial charge in [-0.05, 0) is 44.6 Å². The number of hydrogen-bond donors (Lipinski definition) is 1. The smallest absolute Gasteiger partial charge is 0.0656 e. The molecule has 1 heterocycles. The van der Waals surface area contributed by atoms with E-state index in [4.69, 9.17) is 0 Å². The van der Waals surface area contributed by atoms with Crippen LogP contribution in [0.15, 0.2) is 0 Å². The topological polar surface area (TPSA) is 28.7 Å². The van der Waals surface area contributed by atoms with Crippen molar-refractivity contribution in [2.45, 2.75) is 33.1 Å². The van der Waals surface area contributed by atoms with Crippen molar-refractivity contribution in [3.63, 3.8) is 0 Å². The normalized spacial score (nSPS) is 17.3. The van der Waals surface area contributed by atoms with Gasteiger partial charge in [-0.15, -0.1) is 0 Å². The monoisotopic (exact) mass is 150 g/mol. The van der Waals surface area contributed by atoms with Crippen molar-refractivity contribution in [2.24, 2.45) is 5.92 Å². The molecule has 1 aliphatic carbocycles. The van der Waals surface area contributed by atoms with E-state index < -0.39 is 0 Å². The lowest BCUT2D eigenvalue weighted by Gasteiger charge is -1.93. The lowest BCUT2D eigenvalue weighted by atomic mass is 10.1. The van der Waals surface area contributed by atoms with E-state index in [9.17, 15) is 0 Å². The molecule has 60 valence electrons. The molecule has 0 atom stereocenters. The van der Waals surface area contributed by atoms with Gasteiger partial charge in [0.2, 0.25) is 0 Å². The van der Waals surface area contributed by atoms with E-state index in [1.165, 1.54) is 36.2 Å². The third kappa shape index (κ3) is 1.30. The summed E-state index contributed by atoms with van der Waals surface area (Å²) in [5, 5.41) is 7.29. The van der Waals surface area contributed by atoms with Crippen LogP contribution in [0.4, 0.5) is 0 Å². The zero-order valence-corrected chi connectivity index (χ0v) is 7.15. The molecule has 2 rings (SSSR count). The first kappa shape index (κ1) is 6.89. The summed E-state index contributed by atoms with van der Waals surface area (Å²) in [6, 6.07) is 0. The molecule has 0 saturated heterocycles. The lowest BCUT2D eigenvalue weighted by Crippen LogP contribution is -1.89. The second-order valence-electron chi connectivity index (χ2n) is 3.57. The minimum Gasteiger partial charge on any atom is -0.282 e. The van der Waals surface area contributed by atoms with E-state index in [1.807, 2.05) is 0 Å². The fourth-order valence-corrected chi connectivity index (χ4v) is 1.33. The third-order valence-corrected chi connectivity index (χ3v) is 2.53. The number of nitrogens with one attached hydrogen (secondary N) is 1. The molecule has 0 bridgehead atoms. The van der Waals surface area contributed by atoms with E-state index in [2.05, 4.69) is 24.0 Å². The highest BCUT2D eigenvalue weighted by Crippen LogP contribution is 2.32. The van der Waals surface area contributed by atoms with E-state index >= 15 is 0 Å². The minimum absolute atomic E-state index is 0.941. The zero-order valence-electron chi connectivity index (χ0n) is 7.15. The molecule has 0 radical (unpaired) electrons. The van der Waals surface area contributed by atoms with Crippen LogP contribution in [0.25, 0.3) is 0 Å². The first-order valence-electron chi connectivity index (χ1n) is 4.28. The SMILES string of the molecule is Cc1[nH]nc(CC2CC2)c1C. The summed E-state index contributed by atoms with van der Waals surface area (Å²) in [4.78, 5) is 0. The Kier molecular flexibility index (Phi) is 1.48. The van der Waals surface area contributed by atoms with Crippen LogP contribution in [0, 0.1) is 19.8 Å². The van der Waals surface area contributed by atoms with Crippen LogP contribution in [0.2, 0.25) is 0 Å². The summed E-state index contributed by atoms with van der Waals surface area (Å²) in [6.07, 6.45) is 4.01. The predicted octanol–water partition coefficient (Wildman–Crippen LogP) is 1.98. The number of aromatic nitrogens is 2. The van der Waals surface area contributed by atoms with Gasteiger partial charge in [-0.3, -0.25) is 5.10 Å². The van der Waals surface area contributed by atoms with Gasteiger partial charge in [0.15, 0.2) is 0 Å². The van der Waals surface area contributed by atoms with Gasteiger partial charge >= 0.3 is 0 Å². The van der Waals surface area contributed by atoms with E-state index in [-0.39, 0.29) is 0 Å². The average molecular weight is 150 g/mol. The molecule has 11 heavy (non-hydrogen) atoms. The minimum atomic E-state index is 0.941. The van der Waals surface area contributed by atoms with Crippen molar-refractivity contribution < 1.29 is 0 Å². The molecule has 0 aliphatic heterocycles. The third-order valence-electron chi connectivity index (χ3n) is 2.53. The maximum Gasteiger partial charge on any atom is 0.0656 e. The van der Waals surface area contributed by atoms with E-state index in [0.717, 1.165) is 5.92 Å². The standard InChI is InChI=1S/C9H14N2/c1-6-7(2)10-11-9(6)5-8-3-4-8/h8H,3-5H2,1-2H3,(H,10,11). The molecule has 1 aromatic heterocycles. The first-order chi connectivity index (χ1) is 5.27. The molecule has 1 N–H and O–H groups in total. The van der Waals surface area contributed by atoms with Crippen molar-refractivity contribution >= 4 is 0 Å². The Morgan fingerprint density at radius 1 is 1.45 bits per heavy atom. The quantitative estimate of drug-likeness (QED) is 0.686. The molecule has 0 spiro atoms. The average Bonchev–Trinajstić information content (AvgIpc) is 2.74. The Morgan fingerprint density at radius 3 is 2.64 bits per heavy atom. The summed E-state index contributed by atoms with van der Waals surface area (Å²) in [6.45, 7) is 4.23. The molecule has 0 aromatic carbocycles. The van der Waals surface area contributed by atoms with Gasteiger partial charge in [0.25, 0.3) is 0 Å². The number of aryl methyl sites for hydroxylation is 1. The molecule has 1 fully saturated rings. The molecule has 2 nitrogen and oxygen atoms in total. The highest BCUT2D eigenvalue weighted by molar-refractivity contribution is 5.23. The number of H-pyrrole nitrogens is 1. The molecule has 0 amide bonds. The van der Waals surface area contributed by atoms with Crippen LogP contribution >= 0.6 is 0 Å². The van der Waals surface area contributed by atoms with Crippen LogP contribution in [-0.4, -0.2) is 10.2 Å². The van der Waals surface area contributed by atoms with Gasteiger partial charge in [0, 0.05) is 5.69 Å². The Labute approximate surface area is 67.0 Å². The van der Waals surface area contributed by atoms with E-state index in [0.29, 0.717) is 0 Å². The Morgan fingerprint density at radius 2 is 2.18 bits per heavy atom. The Hall–Kier alpha value is -0.790. The van der Waals surface area contributed by atoms with Gasteiger partial charge in [-0.25, -0.2) is 0 Å². The van der Waals surface area contributed by atoms with Crippen LogP contribution in [0.1, 0.15) is 29.8 Å². The molecule has 1 saturated carbocycles. The number of hydrogen-bond acceptors (Lipinski definition) is 1. The second-order valence-corrected chi connectivity index (χ2v) is 3.57. The zero-order chi connectivity index (χ0) is 7.84. The Balaban J connectivity index is 2.15. The van der Waals surface area contributed by atoms with Crippen molar-refractivity contribution in [3.05, 3.63) is 17.0 Å². The summed E-state index contributed by atoms with van der Waals surface area (Å²) in [7, 11) is 0. The first-order valence-corrected chi connectivity index (χ1v) is 4.28. The predicted molar refractivity (Wildman–Crippen MR) is 44.5 cm³/mol. The van der Waals surface area contributed by atoms with Gasteiger partial charge in [0.1, 0.15) is 0 Å². The maximum absolute atomic E-state index is 4.27. The molecule has 1 aromatic rings. The van der Waals surface area contributed by atoms with Crippen molar-refractivity contribution in [3.8, 4) is 0 Å². The molecule has 1 aliphatic rings. The van der Waals surface area contributed by atoms with Crippen molar-refractivity contribution in [1.29, 1.82) is 0 Å². The maximum atomic E-state index is 4.27. The van der Waals surface area contributed by atoms with Crippen molar-refractivity contribution in [1.82, 2.24) is 10.2 Å². The highest BCUT2D eigenvalue weighted by atomic mass is 15.1. The van der Waals surface area contributed by atoms with Crippen LogP contribution in [-0.2, 0) is 6.42 Å². The summed E-state index contributed by atoms with van der Waals surface area (Å²) in [5.41, 5.74) is 3.86. The fraction of sp³-hybridized carbons (Fsp3) is 0.667. The van der Waals surface area contributed by atoms with Crippen LogP contribution in [0.3, 0.4) is 0 Å². The van der Waals surface area contributed by atoms with Gasteiger partial charge < -0.3 is 0 Å². The number of nitrogens with zero attached hydrogens (tertiary/aromatic N) is 1. The van der Waals surface area contributed by atoms with Crippen molar-refractivity contribution in [2.75, 3.05) is 0 Å². The van der Waals surface area contributed by atoms with Gasteiger partial charge in [-0.1, -0.05) is 0 Å². The van der Waals surface area contributed by atoms with Crippen LogP contribution in [0.5, 0.6) is 0 Å². The highest BCUT2D eigenvalue weighted by Gasteiger charge is 2.23. The van der Waals surface area contributed by atoms with Crippen LogP contribution < -0.4 is 0 Å².